The first-order valence-electron chi connectivity index (χ1n) is 5.25. The van der Waals surface area contributed by atoms with Crippen molar-refractivity contribution in [2.24, 2.45) is 0 Å². The van der Waals surface area contributed by atoms with Crippen molar-refractivity contribution in [1.82, 2.24) is 9.80 Å². The molecule has 0 spiro atoms. The molecule has 0 saturated carbocycles. The van der Waals surface area contributed by atoms with E-state index in [-0.39, 0.29) is 0 Å². The molecule has 0 aromatic rings. The number of ether oxygens (including phenoxy) is 1. The minimum atomic E-state index is 0.417. The van der Waals surface area contributed by atoms with Crippen molar-refractivity contribution in [2.75, 3.05) is 40.0 Å². The van der Waals surface area contributed by atoms with Crippen LogP contribution in [0, 0.1) is 0 Å². The lowest BCUT2D eigenvalue weighted by Gasteiger charge is -2.17. The van der Waals surface area contributed by atoms with Gasteiger partial charge in [-0.25, -0.2) is 0 Å². The second-order valence-electron chi connectivity index (χ2n) is 3.93. The summed E-state index contributed by atoms with van der Waals surface area (Å²) in [6.45, 7) is 9.75. The van der Waals surface area contributed by atoms with Crippen LogP contribution in [0.15, 0.2) is 0 Å². The monoisotopic (exact) mass is 186 g/mol. The van der Waals surface area contributed by atoms with Crippen LogP contribution in [0.25, 0.3) is 0 Å². The summed E-state index contributed by atoms with van der Waals surface area (Å²) in [5.74, 6) is 0. The van der Waals surface area contributed by atoms with Crippen LogP contribution in [0.2, 0.25) is 0 Å². The molecular formula is C10H22N2O. The van der Waals surface area contributed by atoms with Crippen LogP contribution < -0.4 is 0 Å². The van der Waals surface area contributed by atoms with Gasteiger partial charge in [-0.1, -0.05) is 6.92 Å². The number of hydrogen-bond donors (Lipinski definition) is 0. The highest BCUT2D eigenvalue weighted by atomic mass is 16.5. The standard InChI is InChI=1S/C10H22N2O/c1-4-10(2)13-8-7-12-6-5-11(3)9-12/h10H,4-9H2,1-3H3. The van der Waals surface area contributed by atoms with Gasteiger partial charge in [-0.15, -0.1) is 0 Å². The first kappa shape index (κ1) is 11.0. The van der Waals surface area contributed by atoms with Crippen molar-refractivity contribution in [2.45, 2.75) is 26.4 Å². The summed E-state index contributed by atoms with van der Waals surface area (Å²) < 4.78 is 5.63. The van der Waals surface area contributed by atoms with Gasteiger partial charge in [0.1, 0.15) is 0 Å². The molecule has 1 atom stereocenters. The molecule has 0 aliphatic carbocycles. The Bertz CT molecular complexity index is 141. The molecular weight excluding hydrogens is 164 g/mol. The Kier molecular flexibility index (Phi) is 4.70. The van der Waals surface area contributed by atoms with Gasteiger partial charge >= 0.3 is 0 Å². The highest BCUT2D eigenvalue weighted by Crippen LogP contribution is 2.02. The molecule has 1 aliphatic rings. The van der Waals surface area contributed by atoms with Gasteiger partial charge in [0.15, 0.2) is 0 Å². The van der Waals surface area contributed by atoms with E-state index < -0.39 is 0 Å². The van der Waals surface area contributed by atoms with Crippen LogP contribution in [0.1, 0.15) is 20.3 Å². The molecule has 78 valence electrons. The second-order valence-corrected chi connectivity index (χ2v) is 3.93. The molecule has 0 N–H and O–H groups in total. The zero-order valence-corrected chi connectivity index (χ0v) is 9.12. The number of nitrogens with zero attached hydrogens (tertiary/aromatic N) is 2. The molecule has 1 heterocycles. The van der Waals surface area contributed by atoms with Crippen molar-refractivity contribution in [3.8, 4) is 0 Å². The Hall–Kier alpha value is -0.120. The van der Waals surface area contributed by atoms with Crippen LogP contribution in [-0.4, -0.2) is 55.9 Å². The van der Waals surface area contributed by atoms with Gasteiger partial charge in [-0.3, -0.25) is 9.80 Å². The molecule has 1 aliphatic heterocycles. The normalized spacial score (nSPS) is 22.4. The van der Waals surface area contributed by atoms with Gasteiger partial charge in [-0.2, -0.15) is 0 Å². The molecule has 0 aromatic heterocycles. The number of hydrogen-bond acceptors (Lipinski definition) is 3. The summed E-state index contributed by atoms with van der Waals surface area (Å²) in [4.78, 5) is 4.77. The summed E-state index contributed by atoms with van der Waals surface area (Å²) >= 11 is 0. The molecule has 13 heavy (non-hydrogen) atoms. The van der Waals surface area contributed by atoms with Crippen LogP contribution in [0.5, 0.6) is 0 Å². The van der Waals surface area contributed by atoms with Gasteiger partial charge in [0, 0.05) is 19.6 Å². The number of likely N-dealkylation sites (N-methyl/N-ethyl adjacent to an activating group) is 1. The van der Waals surface area contributed by atoms with Gasteiger partial charge in [0.25, 0.3) is 0 Å². The van der Waals surface area contributed by atoms with E-state index in [9.17, 15) is 0 Å². The van der Waals surface area contributed by atoms with Crippen molar-refractivity contribution in [1.29, 1.82) is 0 Å². The SMILES string of the molecule is CCC(C)OCCN1CCN(C)C1. The average molecular weight is 186 g/mol. The van der Waals surface area contributed by atoms with Crippen LogP contribution >= 0.6 is 0 Å². The van der Waals surface area contributed by atoms with Gasteiger partial charge in [0.05, 0.1) is 19.4 Å². The van der Waals surface area contributed by atoms with Crippen molar-refractivity contribution < 1.29 is 4.74 Å². The Morgan fingerprint density at radius 2 is 2.15 bits per heavy atom. The largest absolute Gasteiger partial charge is 0.377 e. The molecule has 1 rings (SSSR count). The fourth-order valence-corrected chi connectivity index (χ4v) is 1.48. The Morgan fingerprint density at radius 1 is 1.38 bits per heavy atom. The Labute approximate surface area is 81.7 Å². The molecule has 1 fully saturated rings. The quantitative estimate of drug-likeness (QED) is 0.637. The van der Waals surface area contributed by atoms with E-state index in [1.54, 1.807) is 0 Å². The number of rotatable bonds is 5. The maximum Gasteiger partial charge on any atom is 0.0597 e. The summed E-state index contributed by atoms with van der Waals surface area (Å²) in [7, 11) is 2.16. The van der Waals surface area contributed by atoms with Crippen LogP contribution in [0.4, 0.5) is 0 Å². The third-order valence-electron chi connectivity index (χ3n) is 2.62. The van der Waals surface area contributed by atoms with E-state index in [2.05, 4.69) is 30.7 Å². The predicted molar refractivity (Wildman–Crippen MR) is 54.8 cm³/mol. The van der Waals surface area contributed by atoms with E-state index in [0.29, 0.717) is 6.10 Å². The minimum Gasteiger partial charge on any atom is -0.377 e. The lowest BCUT2D eigenvalue weighted by Crippen LogP contribution is -2.27. The third-order valence-corrected chi connectivity index (χ3v) is 2.62. The maximum atomic E-state index is 5.63. The second kappa shape index (κ2) is 5.58. The molecule has 0 aromatic carbocycles. The minimum absolute atomic E-state index is 0.417. The Balaban J connectivity index is 2.00. The van der Waals surface area contributed by atoms with Crippen molar-refractivity contribution >= 4 is 0 Å². The lowest BCUT2D eigenvalue weighted by atomic mass is 10.3. The summed E-state index contributed by atoms with van der Waals surface area (Å²) in [5.41, 5.74) is 0. The molecule has 0 radical (unpaired) electrons. The highest BCUT2D eigenvalue weighted by molar-refractivity contribution is 4.67. The van der Waals surface area contributed by atoms with E-state index in [0.717, 1.165) is 26.2 Å². The van der Waals surface area contributed by atoms with Gasteiger partial charge in [-0.05, 0) is 20.4 Å². The zero-order valence-electron chi connectivity index (χ0n) is 9.12. The lowest BCUT2D eigenvalue weighted by molar-refractivity contribution is 0.0481. The first-order valence-corrected chi connectivity index (χ1v) is 5.25. The van der Waals surface area contributed by atoms with Crippen LogP contribution in [-0.2, 0) is 4.74 Å². The molecule has 0 amide bonds. The summed E-state index contributed by atoms with van der Waals surface area (Å²) in [6.07, 6.45) is 1.53. The molecule has 1 unspecified atom stereocenters. The maximum absolute atomic E-state index is 5.63. The fourth-order valence-electron chi connectivity index (χ4n) is 1.48. The van der Waals surface area contributed by atoms with Crippen molar-refractivity contribution in [3.63, 3.8) is 0 Å². The average Bonchev–Trinajstić information content (AvgIpc) is 2.51. The van der Waals surface area contributed by atoms with E-state index in [1.807, 2.05) is 0 Å². The first-order chi connectivity index (χ1) is 6.22. The summed E-state index contributed by atoms with van der Waals surface area (Å²) in [6, 6.07) is 0. The van der Waals surface area contributed by atoms with Crippen molar-refractivity contribution in [3.05, 3.63) is 0 Å². The zero-order chi connectivity index (χ0) is 9.68. The molecule has 3 heteroatoms. The smallest absolute Gasteiger partial charge is 0.0597 e. The highest BCUT2D eigenvalue weighted by Gasteiger charge is 2.15. The van der Waals surface area contributed by atoms with Gasteiger partial charge < -0.3 is 4.74 Å². The Morgan fingerprint density at radius 3 is 2.69 bits per heavy atom. The fraction of sp³-hybridized carbons (Fsp3) is 1.00. The summed E-state index contributed by atoms with van der Waals surface area (Å²) in [5, 5.41) is 0. The molecule has 0 bridgehead atoms. The van der Waals surface area contributed by atoms with Crippen LogP contribution in [0.3, 0.4) is 0 Å². The van der Waals surface area contributed by atoms with E-state index in [1.165, 1.54) is 13.1 Å². The molecule has 3 nitrogen and oxygen atoms in total. The third kappa shape index (κ3) is 4.07. The molecule has 1 saturated heterocycles. The predicted octanol–water partition coefficient (Wildman–Crippen LogP) is 1.01. The topological polar surface area (TPSA) is 15.7 Å². The van der Waals surface area contributed by atoms with E-state index >= 15 is 0 Å². The van der Waals surface area contributed by atoms with E-state index in [4.69, 9.17) is 4.74 Å². The van der Waals surface area contributed by atoms with Gasteiger partial charge in [0.2, 0.25) is 0 Å².